The minimum Gasteiger partial charge on any atom is -0.485 e. The fraction of sp³-hybridized carbons (Fsp3) is 0.205. The number of nitro benzene ring substituents is 1. The molecule has 3 aliphatic heterocycles. The van der Waals surface area contributed by atoms with Crippen molar-refractivity contribution in [2.24, 2.45) is 0 Å². The maximum absolute atomic E-state index is 13.0. The van der Waals surface area contributed by atoms with E-state index in [9.17, 15) is 24.5 Å². The maximum Gasteiger partial charge on any atom is 0.338 e. The Balaban J connectivity index is 0.813. The number of benzene rings is 6. The summed E-state index contributed by atoms with van der Waals surface area (Å²) in [6.07, 6.45) is 1.59. The van der Waals surface area contributed by atoms with Crippen molar-refractivity contribution in [3.8, 4) is 23.0 Å². The number of rotatable bonds is 8. The third-order valence-corrected chi connectivity index (χ3v) is 10.5. The van der Waals surface area contributed by atoms with Crippen LogP contribution in [0.2, 0.25) is 0 Å². The highest BCUT2D eigenvalue weighted by molar-refractivity contribution is 6.21. The SMILES string of the molecule is O=C(OCCCCCN1C(=O)c2ccc([N+](=O)[O-])cc2C1=O)c1ccc2c(c1)OCc1cc3c(cc1CO2)COc1c(c2ccccc2c2ccccc12)OC3. The topological polar surface area (TPSA) is 144 Å². The van der Waals surface area contributed by atoms with Gasteiger partial charge >= 0.3 is 5.97 Å². The van der Waals surface area contributed by atoms with E-state index in [4.69, 9.17) is 23.7 Å². The number of unbranched alkanes of at least 4 members (excludes halogenated alkanes) is 2. The number of carbonyl (C=O) groups excluding carboxylic acids is 3. The van der Waals surface area contributed by atoms with Crippen molar-refractivity contribution >= 4 is 45.0 Å². The van der Waals surface area contributed by atoms with Gasteiger partial charge in [0.2, 0.25) is 0 Å². The lowest BCUT2D eigenvalue weighted by molar-refractivity contribution is -0.384. The van der Waals surface area contributed by atoms with Crippen LogP contribution in [0, 0.1) is 10.1 Å². The Morgan fingerprint density at radius 1 is 0.625 bits per heavy atom. The summed E-state index contributed by atoms with van der Waals surface area (Å²) in [6.45, 7) is 1.57. The highest BCUT2D eigenvalue weighted by Gasteiger charge is 2.36. The molecule has 0 N–H and O–H groups in total. The van der Waals surface area contributed by atoms with Gasteiger partial charge in [0.15, 0.2) is 23.0 Å². The molecular weight excluding hydrogens is 716 g/mol. The molecule has 2 amide bonds. The second-order valence-electron chi connectivity index (χ2n) is 13.9. The van der Waals surface area contributed by atoms with Crippen LogP contribution in [0.5, 0.6) is 23.0 Å². The lowest BCUT2D eigenvalue weighted by Crippen LogP contribution is -2.30. The summed E-state index contributed by atoms with van der Waals surface area (Å²) in [5.74, 6) is 0.863. The minimum absolute atomic E-state index is 0.0388. The second kappa shape index (κ2) is 14.4. The fourth-order valence-electron chi connectivity index (χ4n) is 7.56. The highest BCUT2D eigenvalue weighted by Crippen LogP contribution is 2.45. The molecule has 0 spiro atoms. The van der Waals surface area contributed by atoms with Gasteiger partial charge in [-0.3, -0.25) is 24.6 Å². The number of amides is 2. The van der Waals surface area contributed by atoms with Gasteiger partial charge in [-0.05, 0) is 88.7 Å². The number of nitro groups is 1. The standard InChI is InChI=1S/C44H34N2O10/c47-42-36-14-13-31(46(50)51)21-37(36)43(48)45(42)16-6-1-7-17-52-44(49)26-12-15-38-39(20-26)54-23-28-19-30-25-56-41-35-11-5-3-9-33(35)32-8-2-4-10-34(32)40(41)55-24-29(30)18-27(28)22-53-38/h2-5,8-15,18-21H,1,6-7,16-17,22-25H2. The monoisotopic (exact) mass is 750 g/mol. The van der Waals surface area contributed by atoms with Gasteiger partial charge in [-0.2, -0.15) is 0 Å². The molecule has 9 rings (SSSR count). The van der Waals surface area contributed by atoms with E-state index < -0.39 is 22.7 Å². The lowest BCUT2D eigenvalue weighted by Gasteiger charge is -2.25. The van der Waals surface area contributed by atoms with Gasteiger partial charge in [0.25, 0.3) is 17.5 Å². The average molecular weight is 751 g/mol. The summed E-state index contributed by atoms with van der Waals surface area (Å²) >= 11 is 0. The predicted octanol–water partition coefficient (Wildman–Crippen LogP) is 8.47. The third kappa shape index (κ3) is 6.28. The molecule has 0 atom stereocenters. The highest BCUT2D eigenvalue weighted by atomic mass is 16.6. The number of hydrogen-bond acceptors (Lipinski definition) is 10. The lowest BCUT2D eigenvalue weighted by atomic mass is 9.97. The van der Waals surface area contributed by atoms with E-state index in [1.54, 1.807) is 18.2 Å². The summed E-state index contributed by atoms with van der Waals surface area (Å²) in [6, 6.07) is 29.2. The van der Waals surface area contributed by atoms with Crippen LogP contribution in [-0.2, 0) is 31.2 Å². The first-order valence-corrected chi connectivity index (χ1v) is 18.4. The normalized spacial score (nSPS) is 14.2. The van der Waals surface area contributed by atoms with Gasteiger partial charge in [-0.15, -0.1) is 0 Å². The van der Waals surface area contributed by atoms with Gasteiger partial charge in [-0.1, -0.05) is 48.5 Å². The van der Waals surface area contributed by atoms with Crippen molar-refractivity contribution in [1.82, 2.24) is 4.90 Å². The summed E-state index contributed by atoms with van der Waals surface area (Å²) in [5, 5.41) is 15.3. The van der Waals surface area contributed by atoms with E-state index in [0.29, 0.717) is 56.1 Å². The Hall–Kier alpha value is -6.95. The van der Waals surface area contributed by atoms with Crippen LogP contribution in [0.15, 0.2) is 97.1 Å². The molecule has 12 nitrogen and oxygen atoms in total. The zero-order chi connectivity index (χ0) is 38.3. The molecule has 0 aliphatic carbocycles. The quantitative estimate of drug-likeness (QED) is 0.0371. The number of non-ortho nitro benzene ring substituents is 1. The van der Waals surface area contributed by atoms with Crippen LogP contribution in [0.1, 0.15) is 72.6 Å². The molecule has 0 saturated carbocycles. The Morgan fingerprint density at radius 2 is 1.20 bits per heavy atom. The summed E-state index contributed by atoms with van der Waals surface area (Å²) < 4.78 is 31.0. The zero-order valence-corrected chi connectivity index (χ0v) is 30.1. The molecule has 0 fully saturated rings. The number of ether oxygens (including phenoxy) is 5. The van der Waals surface area contributed by atoms with E-state index in [0.717, 1.165) is 66.3 Å². The van der Waals surface area contributed by atoms with Gasteiger partial charge in [-0.25, -0.2) is 4.79 Å². The number of nitrogens with zero attached hydrogens (tertiary/aromatic N) is 2. The van der Waals surface area contributed by atoms with Crippen LogP contribution in [0.4, 0.5) is 5.69 Å². The molecule has 0 saturated heterocycles. The predicted molar refractivity (Wildman–Crippen MR) is 204 cm³/mol. The number of hydrogen-bond donors (Lipinski definition) is 0. The van der Waals surface area contributed by atoms with Crippen molar-refractivity contribution in [2.75, 3.05) is 13.2 Å². The van der Waals surface area contributed by atoms with Crippen LogP contribution in [0.25, 0.3) is 21.5 Å². The smallest absolute Gasteiger partial charge is 0.338 e. The summed E-state index contributed by atoms with van der Waals surface area (Å²) in [5.41, 5.74) is 4.18. The van der Waals surface area contributed by atoms with Crippen molar-refractivity contribution in [3.63, 3.8) is 0 Å². The van der Waals surface area contributed by atoms with Crippen LogP contribution in [-0.4, -0.2) is 40.8 Å². The summed E-state index contributed by atoms with van der Waals surface area (Å²) in [4.78, 5) is 50.0. The molecule has 6 aromatic rings. The first-order valence-electron chi connectivity index (χ1n) is 18.4. The summed E-state index contributed by atoms with van der Waals surface area (Å²) in [7, 11) is 0. The van der Waals surface area contributed by atoms with Crippen molar-refractivity contribution < 1.29 is 43.0 Å². The molecule has 0 unspecified atom stereocenters. The van der Waals surface area contributed by atoms with Crippen molar-refractivity contribution in [1.29, 1.82) is 0 Å². The van der Waals surface area contributed by atoms with E-state index in [1.165, 1.54) is 12.1 Å². The zero-order valence-electron chi connectivity index (χ0n) is 30.1. The van der Waals surface area contributed by atoms with E-state index in [1.807, 2.05) is 24.3 Å². The van der Waals surface area contributed by atoms with Crippen molar-refractivity contribution in [2.45, 2.75) is 45.7 Å². The van der Waals surface area contributed by atoms with E-state index in [-0.39, 0.29) is 36.6 Å². The Bertz CT molecular complexity index is 2620. The maximum atomic E-state index is 13.0. The fourth-order valence-corrected chi connectivity index (χ4v) is 7.56. The first-order chi connectivity index (χ1) is 27.3. The van der Waals surface area contributed by atoms with E-state index in [2.05, 4.69) is 36.4 Å². The van der Waals surface area contributed by atoms with Gasteiger partial charge < -0.3 is 23.7 Å². The average Bonchev–Trinajstić information content (AvgIpc) is 3.44. The Labute approximate surface area is 320 Å². The van der Waals surface area contributed by atoms with Crippen LogP contribution in [0.3, 0.4) is 0 Å². The van der Waals surface area contributed by atoms with Crippen molar-refractivity contribution in [3.05, 3.63) is 146 Å². The molecule has 0 radical (unpaired) electrons. The second-order valence-corrected chi connectivity index (χ2v) is 13.9. The largest absolute Gasteiger partial charge is 0.485 e. The number of imide groups is 1. The van der Waals surface area contributed by atoms with Crippen LogP contribution < -0.4 is 18.9 Å². The third-order valence-electron chi connectivity index (χ3n) is 10.5. The molecule has 12 heteroatoms. The molecule has 56 heavy (non-hydrogen) atoms. The van der Waals surface area contributed by atoms with Gasteiger partial charge in [0.05, 0.1) is 28.2 Å². The van der Waals surface area contributed by atoms with Gasteiger partial charge in [0, 0.05) is 29.4 Å². The molecular formula is C44H34N2O10. The van der Waals surface area contributed by atoms with Gasteiger partial charge in [0.1, 0.15) is 26.4 Å². The Morgan fingerprint density at radius 3 is 1.82 bits per heavy atom. The molecule has 3 aliphatic rings. The molecule has 0 aromatic heterocycles. The minimum atomic E-state index is -0.601. The molecule has 6 aromatic carbocycles. The number of fused-ring (bicyclic) bond motifs is 10. The first kappa shape index (κ1) is 34.8. The molecule has 280 valence electrons. The van der Waals surface area contributed by atoms with E-state index >= 15 is 0 Å². The molecule has 0 bridgehead atoms. The Kier molecular flexibility index (Phi) is 8.93. The molecule has 3 heterocycles. The number of esters is 1. The van der Waals surface area contributed by atoms with Crippen LogP contribution >= 0.6 is 0 Å². The number of carbonyl (C=O) groups is 3.